The van der Waals surface area contributed by atoms with E-state index in [1.54, 1.807) is 0 Å². The van der Waals surface area contributed by atoms with Crippen molar-refractivity contribution in [1.82, 2.24) is 4.98 Å². The first-order chi connectivity index (χ1) is 21.3. The van der Waals surface area contributed by atoms with Crippen LogP contribution in [0.2, 0.25) is 0 Å². The Bertz CT molecular complexity index is 2010. The van der Waals surface area contributed by atoms with Crippen LogP contribution in [0.1, 0.15) is 22.3 Å². The van der Waals surface area contributed by atoms with Crippen molar-refractivity contribution in [2.24, 2.45) is 0 Å². The van der Waals surface area contributed by atoms with E-state index in [9.17, 15) is 0 Å². The molecule has 0 saturated heterocycles. The summed E-state index contributed by atoms with van der Waals surface area (Å²) in [6, 6.07) is 43.7. The molecule has 0 bridgehead atoms. The normalized spacial score (nSPS) is 12.6. The third-order valence-corrected chi connectivity index (χ3v) is 7.86. The first-order valence-corrected chi connectivity index (χ1v) is 14.4. The maximum absolute atomic E-state index is 6.51. The minimum atomic E-state index is 0.753. The second-order valence-electron chi connectivity index (χ2n) is 10.6. The minimum absolute atomic E-state index is 0.753. The van der Waals surface area contributed by atoms with Crippen LogP contribution in [-0.2, 0) is 0 Å². The number of anilines is 5. The van der Waals surface area contributed by atoms with Crippen LogP contribution in [0.5, 0.6) is 11.5 Å². The van der Waals surface area contributed by atoms with Gasteiger partial charge in [0.25, 0.3) is 0 Å². The summed E-state index contributed by atoms with van der Waals surface area (Å²) < 4.78 is 6.51. The molecule has 43 heavy (non-hydrogen) atoms. The zero-order chi connectivity index (χ0) is 28.6. The molecule has 1 aromatic heterocycles. The lowest BCUT2D eigenvalue weighted by Crippen LogP contribution is -2.13. The van der Waals surface area contributed by atoms with Gasteiger partial charge in [0.15, 0.2) is 0 Å². The molecule has 0 unspecified atom stereocenters. The Morgan fingerprint density at radius 2 is 1.26 bits per heavy atom. The molecule has 8 rings (SSSR count). The van der Waals surface area contributed by atoms with Crippen LogP contribution >= 0.6 is 0 Å². The van der Waals surface area contributed by atoms with Crippen LogP contribution in [0, 0.1) is 0 Å². The van der Waals surface area contributed by atoms with E-state index in [4.69, 9.17) is 9.72 Å². The van der Waals surface area contributed by atoms with Gasteiger partial charge in [-0.3, -0.25) is 4.90 Å². The number of aromatic nitrogens is 1. The monoisotopic (exact) mass is 553 g/mol. The summed E-state index contributed by atoms with van der Waals surface area (Å²) in [7, 11) is 0. The van der Waals surface area contributed by atoms with E-state index in [0.29, 0.717) is 0 Å². The van der Waals surface area contributed by atoms with Crippen molar-refractivity contribution in [2.45, 2.75) is 0 Å². The Balaban J connectivity index is 1.14. The molecule has 3 heterocycles. The number of pyridine rings is 1. The van der Waals surface area contributed by atoms with Crippen LogP contribution in [0.15, 0.2) is 134 Å². The van der Waals surface area contributed by atoms with Gasteiger partial charge in [-0.05, 0) is 70.8 Å². The number of fused-ring (bicyclic) bond motifs is 4. The van der Waals surface area contributed by atoms with Crippen molar-refractivity contribution in [3.63, 3.8) is 0 Å². The fourth-order valence-electron chi connectivity index (χ4n) is 5.82. The molecule has 0 atom stereocenters. The van der Waals surface area contributed by atoms with E-state index in [2.05, 4.69) is 132 Å². The Hall–Kier alpha value is -5.87. The third-order valence-electron chi connectivity index (χ3n) is 7.86. The fraction of sp³-hybridized carbons (Fsp3) is 0. The van der Waals surface area contributed by atoms with E-state index in [0.717, 1.165) is 67.9 Å². The highest BCUT2D eigenvalue weighted by Gasteiger charge is 2.21. The van der Waals surface area contributed by atoms with Crippen molar-refractivity contribution in [3.8, 4) is 22.6 Å². The second-order valence-corrected chi connectivity index (χ2v) is 10.6. The van der Waals surface area contributed by atoms with Crippen molar-refractivity contribution in [1.29, 1.82) is 0 Å². The van der Waals surface area contributed by atoms with Crippen LogP contribution in [0.3, 0.4) is 0 Å². The summed E-state index contributed by atoms with van der Waals surface area (Å²) in [5, 5.41) is 3.68. The molecule has 2 aliphatic heterocycles. The number of para-hydroxylation sites is 3. The lowest BCUT2D eigenvalue weighted by atomic mass is 9.99. The van der Waals surface area contributed by atoms with Gasteiger partial charge in [-0.15, -0.1) is 0 Å². The lowest BCUT2D eigenvalue weighted by molar-refractivity contribution is 0.483. The van der Waals surface area contributed by atoms with E-state index in [1.807, 2.05) is 36.5 Å². The molecule has 5 aromatic carbocycles. The average Bonchev–Trinajstić information content (AvgIpc) is 3.35. The van der Waals surface area contributed by atoms with E-state index in [-0.39, 0.29) is 0 Å². The summed E-state index contributed by atoms with van der Waals surface area (Å²) in [6.07, 6.45) is 10.5. The van der Waals surface area contributed by atoms with Crippen molar-refractivity contribution in [3.05, 3.63) is 156 Å². The Kier molecular flexibility index (Phi) is 6.08. The second kappa shape index (κ2) is 10.5. The van der Waals surface area contributed by atoms with Gasteiger partial charge in [0.05, 0.1) is 17.1 Å². The van der Waals surface area contributed by atoms with Crippen LogP contribution < -0.4 is 15.0 Å². The van der Waals surface area contributed by atoms with E-state index >= 15 is 0 Å². The summed E-state index contributed by atoms with van der Waals surface area (Å²) >= 11 is 0. The SMILES string of the molecule is C1=Cc2cccc(-c3cccc(Oc4cccc(N5c6ccccc6C=Cc6cccnc65)c4)c3)c2Nc2ccccc21. The zero-order valence-corrected chi connectivity index (χ0v) is 23.3. The highest BCUT2D eigenvalue weighted by atomic mass is 16.5. The van der Waals surface area contributed by atoms with Gasteiger partial charge in [0.1, 0.15) is 17.3 Å². The van der Waals surface area contributed by atoms with Gasteiger partial charge in [0, 0.05) is 29.1 Å². The summed E-state index contributed by atoms with van der Waals surface area (Å²) in [5.74, 6) is 2.41. The number of benzene rings is 5. The molecule has 0 aliphatic carbocycles. The zero-order valence-electron chi connectivity index (χ0n) is 23.3. The van der Waals surface area contributed by atoms with Gasteiger partial charge >= 0.3 is 0 Å². The molecule has 0 fully saturated rings. The first-order valence-electron chi connectivity index (χ1n) is 14.4. The Morgan fingerprint density at radius 1 is 0.558 bits per heavy atom. The molecular weight excluding hydrogens is 526 g/mol. The molecule has 0 saturated carbocycles. The number of hydrogen-bond acceptors (Lipinski definition) is 4. The van der Waals surface area contributed by atoms with Gasteiger partial charge < -0.3 is 10.1 Å². The lowest BCUT2D eigenvalue weighted by Gasteiger charge is -2.26. The molecule has 0 radical (unpaired) electrons. The summed E-state index contributed by atoms with van der Waals surface area (Å²) in [5.41, 5.74) is 10.9. The van der Waals surface area contributed by atoms with E-state index in [1.165, 1.54) is 5.56 Å². The number of rotatable bonds is 4. The molecular formula is C39H27N3O. The molecule has 4 heteroatoms. The molecule has 6 aromatic rings. The highest BCUT2D eigenvalue weighted by molar-refractivity contribution is 5.95. The van der Waals surface area contributed by atoms with Gasteiger partial charge in [-0.1, -0.05) is 97.1 Å². The number of nitrogens with zero attached hydrogens (tertiary/aromatic N) is 2. The predicted octanol–water partition coefficient (Wildman–Crippen LogP) is 10.7. The largest absolute Gasteiger partial charge is 0.457 e. The maximum atomic E-state index is 6.51. The minimum Gasteiger partial charge on any atom is -0.457 e. The van der Waals surface area contributed by atoms with Crippen molar-refractivity contribution in [2.75, 3.05) is 10.2 Å². The first kappa shape index (κ1) is 24.9. The van der Waals surface area contributed by atoms with Gasteiger partial charge in [0.2, 0.25) is 0 Å². The molecule has 1 N–H and O–H groups in total. The summed E-state index contributed by atoms with van der Waals surface area (Å²) in [4.78, 5) is 6.97. The molecule has 2 aliphatic rings. The molecule has 0 spiro atoms. The van der Waals surface area contributed by atoms with E-state index < -0.39 is 0 Å². The summed E-state index contributed by atoms with van der Waals surface area (Å²) in [6.45, 7) is 0. The Labute approximate surface area is 250 Å². The molecule has 0 amide bonds. The third kappa shape index (κ3) is 4.65. The smallest absolute Gasteiger partial charge is 0.144 e. The van der Waals surface area contributed by atoms with Crippen molar-refractivity contribution >= 4 is 52.9 Å². The van der Waals surface area contributed by atoms with Gasteiger partial charge in [-0.2, -0.15) is 0 Å². The van der Waals surface area contributed by atoms with Crippen LogP contribution in [-0.4, -0.2) is 4.98 Å². The van der Waals surface area contributed by atoms with Crippen LogP contribution in [0.25, 0.3) is 35.4 Å². The standard InChI is InChI=1S/C39H27N3O/c1-3-18-36-27(9-1)20-22-29-11-6-17-35(38(29)41-36)31-12-5-15-33(25-31)43-34-16-7-14-32(26-34)42-37-19-4-2-10-28(37)21-23-30-13-8-24-40-39(30)42/h1-26,41H. The van der Waals surface area contributed by atoms with Crippen LogP contribution in [0.4, 0.5) is 28.6 Å². The molecule has 204 valence electrons. The van der Waals surface area contributed by atoms with Gasteiger partial charge in [-0.25, -0.2) is 4.98 Å². The topological polar surface area (TPSA) is 37.4 Å². The number of hydrogen-bond donors (Lipinski definition) is 1. The highest BCUT2D eigenvalue weighted by Crippen LogP contribution is 2.43. The molecule has 4 nitrogen and oxygen atoms in total. The van der Waals surface area contributed by atoms with Crippen molar-refractivity contribution < 1.29 is 4.74 Å². The number of nitrogens with one attached hydrogen (secondary N) is 1. The predicted molar refractivity (Wildman–Crippen MR) is 178 cm³/mol. The maximum Gasteiger partial charge on any atom is 0.144 e. The fourth-order valence-corrected chi connectivity index (χ4v) is 5.82. The average molecular weight is 554 g/mol. The quantitative estimate of drug-likeness (QED) is 0.235. The number of ether oxygens (including phenoxy) is 1. The Morgan fingerprint density at radius 3 is 2.21 bits per heavy atom.